The van der Waals surface area contributed by atoms with Gasteiger partial charge < -0.3 is 5.73 Å². The first kappa shape index (κ1) is 13.3. The number of anilines is 1. The first-order chi connectivity index (χ1) is 8.39. The Labute approximate surface area is 107 Å². The molecule has 0 bridgehead atoms. The Morgan fingerprint density at radius 2 is 2.00 bits per heavy atom. The van der Waals surface area contributed by atoms with Crippen LogP contribution in [0, 0.1) is 11.7 Å². The van der Waals surface area contributed by atoms with Gasteiger partial charge in [0.1, 0.15) is 5.82 Å². The molecule has 1 aliphatic carbocycles. The van der Waals surface area contributed by atoms with Gasteiger partial charge in [0.2, 0.25) is 0 Å². The molecule has 1 aromatic carbocycles. The summed E-state index contributed by atoms with van der Waals surface area (Å²) in [6.45, 7) is 2.06. The van der Waals surface area contributed by atoms with Crippen molar-refractivity contribution in [2.24, 2.45) is 5.92 Å². The molecule has 1 saturated carbocycles. The molecule has 0 aromatic heterocycles. The molecule has 0 radical (unpaired) electrons. The van der Waals surface area contributed by atoms with Gasteiger partial charge in [0.25, 0.3) is 0 Å². The molecule has 2 rings (SSSR count). The molecule has 1 aliphatic rings. The highest BCUT2D eigenvalue weighted by atomic mass is 32.2. The highest BCUT2D eigenvalue weighted by molar-refractivity contribution is 7.92. The molecule has 5 heteroatoms. The van der Waals surface area contributed by atoms with Crippen molar-refractivity contribution in [1.29, 1.82) is 0 Å². The van der Waals surface area contributed by atoms with E-state index in [4.69, 9.17) is 5.73 Å². The molecular weight excluding hydrogens is 253 g/mol. The summed E-state index contributed by atoms with van der Waals surface area (Å²) in [7, 11) is -3.46. The minimum atomic E-state index is -3.46. The van der Waals surface area contributed by atoms with E-state index in [0.29, 0.717) is 18.8 Å². The van der Waals surface area contributed by atoms with Crippen LogP contribution in [0.15, 0.2) is 23.1 Å². The monoisotopic (exact) mass is 271 g/mol. The maximum absolute atomic E-state index is 13.3. The molecule has 100 valence electrons. The van der Waals surface area contributed by atoms with Crippen molar-refractivity contribution in [3.63, 3.8) is 0 Å². The fourth-order valence-electron chi connectivity index (χ4n) is 2.60. The Morgan fingerprint density at radius 1 is 1.28 bits per heavy atom. The van der Waals surface area contributed by atoms with Gasteiger partial charge in [-0.25, -0.2) is 12.8 Å². The number of nitrogens with two attached hydrogens (primary N) is 1. The molecular formula is C13H18FNO2S. The summed E-state index contributed by atoms with van der Waals surface area (Å²) in [5, 5.41) is -0.401. The third-order valence-corrected chi connectivity index (χ3v) is 5.75. The largest absolute Gasteiger partial charge is 0.399 e. The van der Waals surface area contributed by atoms with Gasteiger partial charge in [-0.05, 0) is 37.0 Å². The molecule has 2 N–H and O–H groups in total. The van der Waals surface area contributed by atoms with Crippen LogP contribution < -0.4 is 5.73 Å². The van der Waals surface area contributed by atoms with E-state index in [2.05, 4.69) is 6.92 Å². The van der Waals surface area contributed by atoms with Gasteiger partial charge in [-0.2, -0.15) is 0 Å². The average molecular weight is 271 g/mol. The zero-order chi connectivity index (χ0) is 13.3. The number of halogens is 1. The topological polar surface area (TPSA) is 60.2 Å². The Kier molecular flexibility index (Phi) is 3.61. The zero-order valence-electron chi connectivity index (χ0n) is 10.4. The van der Waals surface area contributed by atoms with Crippen LogP contribution in [0.25, 0.3) is 0 Å². The number of rotatable bonds is 2. The van der Waals surface area contributed by atoms with E-state index in [9.17, 15) is 12.8 Å². The molecule has 18 heavy (non-hydrogen) atoms. The van der Waals surface area contributed by atoms with Crippen LogP contribution in [0.2, 0.25) is 0 Å². The van der Waals surface area contributed by atoms with Crippen LogP contribution in [0.1, 0.15) is 32.6 Å². The highest BCUT2D eigenvalue weighted by Crippen LogP contribution is 2.32. The van der Waals surface area contributed by atoms with Gasteiger partial charge in [0.15, 0.2) is 9.84 Å². The molecule has 2 unspecified atom stereocenters. The predicted octanol–water partition coefficient (Wildman–Crippen LogP) is 2.76. The van der Waals surface area contributed by atoms with Crippen molar-refractivity contribution in [2.45, 2.75) is 42.8 Å². The van der Waals surface area contributed by atoms with Crippen molar-refractivity contribution >= 4 is 15.5 Å². The summed E-state index contributed by atoms with van der Waals surface area (Å²) in [6.07, 6.45) is 3.29. The maximum Gasteiger partial charge on any atom is 0.181 e. The van der Waals surface area contributed by atoms with E-state index in [1.165, 1.54) is 6.07 Å². The van der Waals surface area contributed by atoms with Crippen LogP contribution in [-0.2, 0) is 9.84 Å². The number of hydrogen-bond donors (Lipinski definition) is 1. The normalized spacial score (nSPS) is 25.0. The molecule has 0 spiro atoms. The first-order valence-electron chi connectivity index (χ1n) is 6.19. The van der Waals surface area contributed by atoms with Crippen LogP contribution in [0.5, 0.6) is 0 Å². The fraction of sp³-hybridized carbons (Fsp3) is 0.538. The van der Waals surface area contributed by atoms with Crippen LogP contribution in [0.4, 0.5) is 10.1 Å². The van der Waals surface area contributed by atoms with E-state index < -0.39 is 20.9 Å². The number of sulfone groups is 1. The molecule has 0 amide bonds. The lowest BCUT2D eigenvalue weighted by molar-refractivity contribution is 0.382. The smallest absolute Gasteiger partial charge is 0.181 e. The van der Waals surface area contributed by atoms with E-state index in [1.807, 2.05) is 0 Å². The SMILES string of the molecule is CC1CCCC(S(=O)(=O)c2cc(N)cc(F)c2)C1. The second-order valence-corrected chi connectivity index (χ2v) is 7.39. The number of hydrogen-bond acceptors (Lipinski definition) is 3. The van der Waals surface area contributed by atoms with Gasteiger partial charge in [0, 0.05) is 5.69 Å². The number of benzene rings is 1. The Hall–Kier alpha value is -1.10. The van der Waals surface area contributed by atoms with Crippen molar-refractivity contribution in [3.8, 4) is 0 Å². The van der Waals surface area contributed by atoms with Gasteiger partial charge in [0.05, 0.1) is 10.1 Å². The van der Waals surface area contributed by atoms with E-state index >= 15 is 0 Å². The lowest BCUT2D eigenvalue weighted by Crippen LogP contribution is -2.27. The average Bonchev–Trinajstić information content (AvgIpc) is 2.27. The summed E-state index contributed by atoms with van der Waals surface area (Å²) in [5.74, 6) is -0.193. The summed E-state index contributed by atoms with van der Waals surface area (Å²) >= 11 is 0. The second-order valence-electron chi connectivity index (χ2n) is 5.16. The van der Waals surface area contributed by atoms with Gasteiger partial charge in [-0.3, -0.25) is 0 Å². The Morgan fingerprint density at radius 3 is 2.61 bits per heavy atom. The molecule has 1 aromatic rings. The second kappa shape index (κ2) is 4.88. The van der Waals surface area contributed by atoms with E-state index in [1.54, 1.807) is 0 Å². The summed E-state index contributed by atoms with van der Waals surface area (Å²) in [6, 6.07) is 3.53. The minimum Gasteiger partial charge on any atom is -0.399 e. The maximum atomic E-state index is 13.3. The van der Waals surface area contributed by atoms with E-state index in [-0.39, 0.29) is 10.6 Å². The van der Waals surface area contributed by atoms with Crippen molar-refractivity contribution in [3.05, 3.63) is 24.0 Å². The summed E-state index contributed by atoms with van der Waals surface area (Å²) in [5.41, 5.74) is 5.66. The fourth-order valence-corrected chi connectivity index (χ4v) is 4.62. The summed E-state index contributed by atoms with van der Waals surface area (Å²) in [4.78, 5) is 0.0131. The number of nitrogen functional groups attached to an aromatic ring is 1. The van der Waals surface area contributed by atoms with Gasteiger partial charge in [-0.15, -0.1) is 0 Å². The Bertz CT molecular complexity index is 522. The standard InChI is InChI=1S/C13H18FNO2S/c1-9-3-2-4-12(5-9)18(16,17)13-7-10(14)6-11(15)8-13/h6-9,12H,2-5,15H2,1H3. The first-order valence-corrected chi connectivity index (χ1v) is 7.74. The van der Waals surface area contributed by atoms with Crippen molar-refractivity contribution in [1.82, 2.24) is 0 Å². The molecule has 0 saturated heterocycles. The van der Waals surface area contributed by atoms with Crippen molar-refractivity contribution < 1.29 is 12.8 Å². The third-order valence-electron chi connectivity index (χ3n) is 3.55. The van der Waals surface area contributed by atoms with Crippen LogP contribution in [-0.4, -0.2) is 13.7 Å². The van der Waals surface area contributed by atoms with Crippen LogP contribution >= 0.6 is 0 Å². The van der Waals surface area contributed by atoms with Crippen molar-refractivity contribution in [2.75, 3.05) is 5.73 Å². The molecule has 0 heterocycles. The molecule has 0 aliphatic heterocycles. The highest BCUT2D eigenvalue weighted by Gasteiger charge is 2.31. The predicted molar refractivity (Wildman–Crippen MR) is 69.4 cm³/mol. The third kappa shape index (κ3) is 2.66. The van der Waals surface area contributed by atoms with Gasteiger partial charge in [-0.1, -0.05) is 19.8 Å². The molecule has 1 fully saturated rings. The molecule has 3 nitrogen and oxygen atoms in total. The van der Waals surface area contributed by atoms with Crippen LogP contribution in [0.3, 0.4) is 0 Å². The lowest BCUT2D eigenvalue weighted by atomic mass is 9.91. The lowest BCUT2D eigenvalue weighted by Gasteiger charge is -2.26. The zero-order valence-corrected chi connectivity index (χ0v) is 11.2. The quantitative estimate of drug-likeness (QED) is 0.841. The van der Waals surface area contributed by atoms with E-state index in [0.717, 1.165) is 25.0 Å². The van der Waals surface area contributed by atoms with Gasteiger partial charge >= 0.3 is 0 Å². The molecule has 2 atom stereocenters. The Balaban J connectivity index is 2.35. The minimum absolute atomic E-state index is 0.0131. The summed E-state index contributed by atoms with van der Waals surface area (Å²) < 4.78 is 38.1.